The fourth-order valence-corrected chi connectivity index (χ4v) is 3.33. The van der Waals surface area contributed by atoms with Crippen LogP contribution >= 0.6 is 0 Å². The van der Waals surface area contributed by atoms with Gasteiger partial charge in [-0.2, -0.15) is 0 Å². The summed E-state index contributed by atoms with van der Waals surface area (Å²) in [5, 5.41) is 0. The van der Waals surface area contributed by atoms with Crippen molar-refractivity contribution in [3.05, 3.63) is 77.9 Å². The predicted octanol–water partition coefficient (Wildman–Crippen LogP) is 4.30. The smallest absolute Gasteiger partial charge is 0.258 e. The van der Waals surface area contributed by atoms with E-state index >= 15 is 0 Å². The highest BCUT2D eigenvalue weighted by Crippen LogP contribution is 2.30. The number of nitrogens with zero attached hydrogens (tertiary/aromatic N) is 3. The molecule has 1 aliphatic rings. The predicted molar refractivity (Wildman–Crippen MR) is 108 cm³/mol. The summed E-state index contributed by atoms with van der Waals surface area (Å²) in [5.41, 5.74) is 3.97. The Morgan fingerprint density at radius 1 is 1.04 bits per heavy atom. The van der Waals surface area contributed by atoms with Crippen molar-refractivity contribution < 1.29 is 9.53 Å². The van der Waals surface area contributed by atoms with Crippen LogP contribution in [0.5, 0.6) is 5.75 Å². The lowest BCUT2D eigenvalue weighted by Crippen LogP contribution is -2.32. The van der Waals surface area contributed by atoms with Crippen LogP contribution in [-0.2, 0) is 6.54 Å². The van der Waals surface area contributed by atoms with Gasteiger partial charge in [-0.25, -0.2) is 9.97 Å². The number of fused-ring (bicyclic) bond motifs is 1. The summed E-state index contributed by atoms with van der Waals surface area (Å²) >= 11 is 0. The Morgan fingerprint density at radius 3 is 2.46 bits per heavy atom. The van der Waals surface area contributed by atoms with Gasteiger partial charge in [-0.1, -0.05) is 44.2 Å². The highest BCUT2D eigenvalue weighted by Gasteiger charge is 2.24. The third-order valence-corrected chi connectivity index (χ3v) is 4.98. The Morgan fingerprint density at radius 2 is 1.75 bits per heavy atom. The van der Waals surface area contributed by atoms with Crippen molar-refractivity contribution >= 4 is 5.91 Å². The van der Waals surface area contributed by atoms with Crippen LogP contribution in [0, 0.1) is 0 Å². The molecular formula is C23H23N3O2. The quantitative estimate of drug-likeness (QED) is 0.684. The van der Waals surface area contributed by atoms with Gasteiger partial charge < -0.3 is 9.64 Å². The van der Waals surface area contributed by atoms with Gasteiger partial charge in [0.2, 0.25) is 0 Å². The molecule has 2 aromatic carbocycles. The summed E-state index contributed by atoms with van der Waals surface area (Å²) in [5.74, 6) is 1.69. The van der Waals surface area contributed by atoms with Crippen molar-refractivity contribution in [1.82, 2.24) is 14.9 Å². The van der Waals surface area contributed by atoms with Gasteiger partial charge in [0.15, 0.2) is 0 Å². The molecular weight excluding hydrogens is 350 g/mol. The number of hydrogen-bond acceptors (Lipinski definition) is 4. The van der Waals surface area contributed by atoms with E-state index in [0.29, 0.717) is 42.8 Å². The summed E-state index contributed by atoms with van der Waals surface area (Å²) in [6.07, 6.45) is 3.38. The Balaban J connectivity index is 1.63. The minimum Gasteiger partial charge on any atom is -0.491 e. The van der Waals surface area contributed by atoms with Crippen LogP contribution in [0.4, 0.5) is 0 Å². The third-order valence-electron chi connectivity index (χ3n) is 4.98. The van der Waals surface area contributed by atoms with Gasteiger partial charge >= 0.3 is 0 Å². The number of ether oxygens (including phenoxy) is 1. The van der Waals surface area contributed by atoms with Crippen LogP contribution in [-0.4, -0.2) is 33.9 Å². The van der Waals surface area contributed by atoms with Gasteiger partial charge in [-0.3, -0.25) is 4.79 Å². The van der Waals surface area contributed by atoms with E-state index in [1.165, 1.54) is 5.56 Å². The van der Waals surface area contributed by atoms with Crippen LogP contribution in [0.1, 0.15) is 41.5 Å². The van der Waals surface area contributed by atoms with E-state index in [0.717, 1.165) is 11.1 Å². The molecule has 0 spiro atoms. The number of rotatable bonds is 4. The summed E-state index contributed by atoms with van der Waals surface area (Å²) < 4.78 is 5.82. The monoisotopic (exact) mass is 373 g/mol. The first-order valence-corrected chi connectivity index (χ1v) is 9.54. The lowest BCUT2D eigenvalue weighted by Gasteiger charge is -2.19. The normalized spacial score (nSPS) is 13.8. The first-order valence-electron chi connectivity index (χ1n) is 9.54. The van der Waals surface area contributed by atoms with Gasteiger partial charge in [-0.15, -0.1) is 0 Å². The average molecular weight is 373 g/mol. The lowest BCUT2D eigenvalue weighted by molar-refractivity contribution is 0.0738. The molecule has 0 bridgehead atoms. The summed E-state index contributed by atoms with van der Waals surface area (Å²) in [6.45, 7) is 5.69. The van der Waals surface area contributed by atoms with Crippen LogP contribution in [0.3, 0.4) is 0 Å². The van der Waals surface area contributed by atoms with E-state index < -0.39 is 0 Å². The number of hydrogen-bond donors (Lipinski definition) is 0. The van der Waals surface area contributed by atoms with Crippen molar-refractivity contribution in [1.29, 1.82) is 0 Å². The maximum Gasteiger partial charge on any atom is 0.258 e. The van der Waals surface area contributed by atoms with Crippen LogP contribution in [0.15, 0.2) is 60.9 Å². The molecule has 0 radical (unpaired) electrons. The van der Waals surface area contributed by atoms with E-state index in [9.17, 15) is 4.79 Å². The number of amides is 1. The van der Waals surface area contributed by atoms with Crippen molar-refractivity contribution in [2.75, 3.05) is 13.2 Å². The van der Waals surface area contributed by atoms with E-state index in [1.807, 2.05) is 18.2 Å². The van der Waals surface area contributed by atoms with Crippen molar-refractivity contribution in [3.8, 4) is 16.9 Å². The minimum atomic E-state index is -0.0550. The molecule has 1 aromatic heterocycles. The standard InChI is InChI=1S/C23H23N3O2/c1-16(2)17-4-6-18(7-5-17)19-8-9-21-20(14-19)23(27)26(12-13-28-21)15-22-24-10-3-11-25-22/h3-11,14,16H,12-13,15H2,1-2H3. The number of benzene rings is 2. The zero-order valence-electron chi connectivity index (χ0n) is 16.1. The Hall–Kier alpha value is -3.21. The minimum absolute atomic E-state index is 0.0550. The Kier molecular flexibility index (Phi) is 5.06. The Bertz CT molecular complexity index is 969. The van der Waals surface area contributed by atoms with Crippen LogP contribution in [0.2, 0.25) is 0 Å². The maximum absolute atomic E-state index is 13.2. The molecule has 1 amide bonds. The molecule has 0 atom stereocenters. The first-order chi connectivity index (χ1) is 13.6. The van der Waals surface area contributed by atoms with Crippen molar-refractivity contribution in [2.24, 2.45) is 0 Å². The molecule has 3 aromatic rings. The molecule has 1 aliphatic heterocycles. The zero-order chi connectivity index (χ0) is 19.5. The van der Waals surface area contributed by atoms with Gasteiger partial charge in [0.25, 0.3) is 5.91 Å². The second kappa shape index (κ2) is 7.80. The number of carbonyl (C=O) groups excluding carboxylic acids is 1. The van der Waals surface area contributed by atoms with E-state index in [4.69, 9.17) is 4.74 Å². The van der Waals surface area contributed by atoms with Gasteiger partial charge in [0.05, 0.1) is 18.7 Å². The molecule has 0 saturated heterocycles. The van der Waals surface area contributed by atoms with E-state index in [-0.39, 0.29) is 5.91 Å². The SMILES string of the molecule is CC(C)c1ccc(-c2ccc3c(c2)C(=O)N(Cc2ncccn2)CCO3)cc1. The molecule has 0 aliphatic carbocycles. The zero-order valence-corrected chi connectivity index (χ0v) is 16.1. The lowest BCUT2D eigenvalue weighted by atomic mass is 9.97. The van der Waals surface area contributed by atoms with Gasteiger partial charge in [-0.05, 0) is 40.8 Å². The highest BCUT2D eigenvalue weighted by atomic mass is 16.5. The van der Waals surface area contributed by atoms with Gasteiger partial charge in [0, 0.05) is 12.4 Å². The molecule has 5 nitrogen and oxygen atoms in total. The first kappa shape index (κ1) is 18.2. The maximum atomic E-state index is 13.2. The summed E-state index contributed by atoms with van der Waals surface area (Å²) in [6, 6.07) is 16.1. The molecule has 0 saturated carbocycles. The largest absolute Gasteiger partial charge is 0.491 e. The van der Waals surface area contributed by atoms with E-state index in [2.05, 4.69) is 48.1 Å². The number of carbonyl (C=O) groups is 1. The second-order valence-electron chi connectivity index (χ2n) is 7.23. The van der Waals surface area contributed by atoms with Crippen molar-refractivity contribution in [2.45, 2.75) is 26.3 Å². The van der Waals surface area contributed by atoms with Gasteiger partial charge in [0.1, 0.15) is 18.2 Å². The summed E-state index contributed by atoms with van der Waals surface area (Å²) in [7, 11) is 0. The summed E-state index contributed by atoms with van der Waals surface area (Å²) in [4.78, 5) is 23.4. The Labute approximate surface area is 165 Å². The molecule has 0 unspecified atom stereocenters. The molecule has 4 rings (SSSR count). The second-order valence-corrected chi connectivity index (χ2v) is 7.23. The average Bonchev–Trinajstić information content (AvgIpc) is 2.88. The number of aromatic nitrogens is 2. The fraction of sp³-hybridized carbons (Fsp3) is 0.261. The van der Waals surface area contributed by atoms with Crippen LogP contribution < -0.4 is 4.74 Å². The molecule has 2 heterocycles. The fourth-order valence-electron chi connectivity index (χ4n) is 3.33. The van der Waals surface area contributed by atoms with E-state index in [1.54, 1.807) is 23.4 Å². The van der Waals surface area contributed by atoms with Crippen LogP contribution in [0.25, 0.3) is 11.1 Å². The highest BCUT2D eigenvalue weighted by molar-refractivity contribution is 5.98. The molecule has 0 fully saturated rings. The molecule has 0 N–H and O–H groups in total. The molecule has 142 valence electrons. The molecule has 28 heavy (non-hydrogen) atoms. The third kappa shape index (κ3) is 3.74. The van der Waals surface area contributed by atoms with Crippen molar-refractivity contribution in [3.63, 3.8) is 0 Å². The topological polar surface area (TPSA) is 55.3 Å². The molecule has 5 heteroatoms.